The molecule has 0 amide bonds. The molecule has 1 heterocycles. The minimum Gasteiger partial charge on any atom is -0.462 e. The number of rotatable bonds is 4. The number of halogens is 1. The van der Waals surface area contributed by atoms with Crippen LogP contribution in [0.25, 0.3) is 0 Å². The molecule has 0 atom stereocenters. The third kappa shape index (κ3) is 4.06. The number of carbonyl (C=O) groups excluding carboxylic acids is 1. The number of esters is 1. The molecular weight excluding hydrogens is 345 g/mol. The molecule has 4 nitrogen and oxygen atoms in total. The van der Waals surface area contributed by atoms with Crippen molar-refractivity contribution in [1.29, 1.82) is 0 Å². The monoisotopic (exact) mass is 369 g/mol. The van der Waals surface area contributed by atoms with E-state index in [1.807, 2.05) is 27.7 Å². The highest BCUT2D eigenvalue weighted by molar-refractivity contribution is 14.1. The molecule has 1 aliphatic rings. The predicted molar refractivity (Wildman–Crippen MR) is 79.0 cm³/mol. The van der Waals surface area contributed by atoms with Crippen LogP contribution in [-0.4, -0.2) is 37.8 Å². The first-order chi connectivity index (χ1) is 8.19. The van der Waals surface area contributed by atoms with Crippen LogP contribution in [0, 0.1) is 0 Å². The maximum Gasteiger partial charge on any atom is 0.306 e. The zero-order valence-electron chi connectivity index (χ0n) is 11.7. The number of carbonyl (C=O) groups is 1. The molecule has 0 aliphatic carbocycles. The summed E-state index contributed by atoms with van der Waals surface area (Å²) in [6.45, 7) is 7.89. The van der Waals surface area contributed by atoms with E-state index in [0.29, 0.717) is 19.3 Å². The van der Waals surface area contributed by atoms with Gasteiger partial charge in [-0.05, 0) is 34.1 Å². The summed E-state index contributed by atoms with van der Waals surface area (Å²) in [5.41, 5.74) is -0.730. The Hall–Kier alpha value is 0.120. The third-order valence-electron chi connectivity index (χ3n) is 3.41. The molecular formula is C13H24INO3. The quantitative estimate of drug-likeness (QED) is 0.470. The minimum atomic E-state index is -0.365. The van der Waals surface area contributed by atoms with E-state index in [-0.39, 0.29) is 23.2 Å². The SMILES string of the molecule is CC1(C)CC(OC(=O)CCCI)CC(C)(C)N1O. The minimum absolute atomic E-state index is 0.0971. The first-order valence-electron chi connectivity index (χ1n) is 6.44. The molecule has 1 rings (SSSR count). The maximum absolute atomic E-state index is 11.7. The van der Waals surface area contributed by atoms with Crippen LogP contribution in [0.15, 0.2) is 0 Å². The normalized spacial score (nSPS) is 23.9. The molecule has 0 aromatic carbocycles. The van der Waals surface area contributed by atoms with Gasteiger partial charge in [-0.2, -0.15) is 5.06 Å². The fourth-order valence-electron chi connectivity index (χ4n) is 2.72. The van der Waals surface area contributed by atoms with E-state index in [9.17, 15) is 10.0 Å². The lowest BCUT2D eigenvalue weighted by Gasteiger charge is -2.50. The van der Waals surface area contributed by atoms with E-state index in [2.05, 4.69) is 22.6 Å². The van der Waals surface area contributed by atoms with Gasteiger partial charge in [0.25, 0.3) is 0 Å². The predicted octanol–water partition coefficient (Wildman–Crippen LogP) is 3.16. The Morgan fingerprint density at radius 2 is 1.83 bits per heavy atom. The molecule has 0 bridgehead atoms. The lowest BCUT2D eigenvalue weighted by atomic mass is 9.80. The molecule has 0 aromatic rings. The van der Waals surface area contributed by atoms with Crippen LogP contribution in [0.4, 0.5) is 0 Å². The maximum atomic E-state index is 11.7. The van der Waals surface area contributed by atoms with Crippen molar-refractivity contribution in [2.45, 2.75) is 70.6 Å². The van der Waals surface area contributed by atoms with Gasteiger partial charge in [0, 0.05) is 34.8 Å². The summed E-state index contributed by atoms with van der Waals surface area (Å²) >= 11 is 2.26. The van der Waals surface area contributed by atoms with Crippen LogP contribution in [0.2, 0.25) is 0 Å². The molecule has 5 heteroatoms. The summed E-state index contributed by atoms with van der Waals surface area (Å²) in [5, 5.41) is 11.5. The number of piperidine rings is 1. The number of nitrogens with zero attached hydrogens (tertiary/aromatic N) is 1. The van der Waals surface area contributed by atoms with Crippen molar-refractivity contribution in [2.75, 3.05) is 4.43 Å². The van der Waals surface area contributed by atoms with Crippen molar-refractivity contribution >= 4 is 28.6 Å². The molecule has 1 aliphatic heterocycles. The van der Waals surface area contributed by atoms with Gasteiger partial charge in [0.2, 0.25) is 0 Å². The van der Waals surface area contributed by atoms with Gasteiger partial charge in [-0.1, -0.05) is 22.6 Å². The molecule has 0 spiro atoms. The van der Waals surface area contributed by atoms with E-state index >= 15 is 0 Å². The second-order valence-corrected chi connectivity index (χ2v) is 7.33. The van der Waals surface area contributed by atoms with Gasteiger partial charge < -0.3 is 9.94 Å². The highest BCUT2D eigenvalue weighted by atomic mass is 127. The summed E-state index contributed by atoms with van der Waals surface area (Å²) < 4.78 is 6.50. The second kappa shape index (κ2) is 6.05. The second-order valence-electron chi connectivity index (χ2n) is 6.25. The summed E-state index contributed by atoms with van der Waals surface area (Å²) in [5.74, 6) is -0.116. The number of hydroxylamine groups is 2. The summed E-state index contributed by atoms with van der Waals surface area (Å²) in [4.78, 5) is 11.7. The number of hydrogen-bond acceptors (Lipinski definition) is 4. The molecule has 0 unspecified atom stereocenters. The van der Waals surface area contributed by atoms with Crippen LogP contribution < -0.4 is 0 Å². The van der Waals surface area contributed by atoms with Crippen LogP contribution in [0.1, 0.15) is 53.4 Å². The van der Waals surface area contributed by atoms with Crippen molar-refractivity contribution < 1.29 is 14.7 Å². The Balaban J connectivity index is 2.61. The largest absolute Gasteiger partial charge is 0.462 e. The summed E-state index contributed by atoms with van der Waals surface area (Å²) in [6.07, 6.45) is 2.60. The standard InChI is InChI=1S/C13H24INO3/c1-12(2)8-10(9-13(3,4)15(12)17)18-11(16)6-5-7-14/h10,17H,5-9H2,1-4H3. The van der Waals surface area contributed by atoms with E-state index in [0.717, 1.165) is 10.8 Å². The Morgan fingerprint density at radius 3 is 2.28 bits per heavy atom. The van der Waals surface area contributed by atoms with Crippen molar-refractivity contribution in [3.05, 3.63) is 0 Å². The zero-order chi connectivity index (χ0) is 14.0. The van der Waals surface area contributed by atoms with Gasteiger partial charge in [-0.3, -0.25) is 4.79 Å². The van der Waals surface area contributed by atoms with Crippen LogP contribution in [0.5, 0.6) is 0 Å². The van der Waals surface area contributed by atoms with Gasteiger partial charge in [-0.25, -0.2) is 0 Å². The highest BCUT2D eigenvalue weighted by Gasteiger charge is 2.46. The van der Waals surface area contributed by atoms with Gasteiger partial charge in [0.1, 0.15) is 6.10 Å². The molecule has 1 saturated heterocycles. The van der Waals surface area contributed by atoms with Crippen molar-refractivity contribution in [3.63, 3.8) is 0 Å². The van der Waals surface area contributed by atoms with Crippen molar-refractivity contribution in [2.24, 2.45) is 0 Å². The molecule has 1 fully saturated rings. The van der Waals surface area contributed by atoms with Crippen LogP contribution in [-0.2, 0) is 9.53 Å². The Bertz CT molecular complexity index is 287. The van der Waals surface area contributed by atoms with Crippen molar-refractivity contribution in [1.82, 2.24) is 5.06 Å². The van der Waals surface area contributed by atoms with Crippen molar-refractivity contribution in [3.8, 4) is 0 Å². The highest BCUT2D eigenvalue weighted by Crippen LogP contribution is 2.37. The van der Waals surface area contributed by atoms with E-state index in [4.69, 9.17) is 4.74 Å². The Kier molecular flexibility index (Phi) is 5.44. The fourth-order valence-corrected chi connectivity index (χ4v) is 3.10. The van der Waals surface area contributed by atoms with E-state index in [1.165, 1.54) is 5.06 Å². The topological polar surface area (TPSA) is 49.8 Å². The Labute approximate surface area is 123 Å². The molecule has 0 radical (unpaired) electrons. The first kappa shape index (κ1) is 16.2. The van der Waals surface area contributed by atoms with Crippen LogP contribution in [0.3, 0.4) is 0 Å². The molecule has 1 N–H and O–H groups in total. The summed E-state index contributed by atoms with van der Waals surface area (Å²) in [6, 6.07) is 0. The smallest absolute Gasteiger partial charge is 0.306 e. The van der Waals surface area contributed by atoms with Gasteiger partial charge in [-0.15, -0.1) is 0 Å². The molecule has 106 valence electrons. The van der Waals surface area contributed by atoms with E-state index < -0.39 is 0 Å². The van der Waals surface area contributed by atoms with Gasteiger partial charge in [0.05, 0.1) is 0 Å². The lowest BCUT2D eigenvalue weighted by molar-refractivity contribution is -0.259. The Morgan fingerprint density at radius 1 is 1.33 bits per heavy atom. The number of ether oxygens (including phenoxy) is 1. The van der Waals surface area contributed by atoms with E-state index in [1.54, 1.807) is 0 Å². The van der Waals surface area contributed by atoms with Gasteiger partial charge in [0.15, 0.2) is 0 Å². The van der Waals surface area contributed by atoms with Crippen LogP contribution >= 0.6 is 22.6 Å². The average molecular weight is 369 g/mol. The number of alkyl halides is 1. The zero-order valence-corrected chi connectivity index (χ0v) is 13.9. The third-order valence-corrected chi connectivity index (χ3v) is 4.18. The average Bonchev–Trinajstić information content (AvgIpc) is 2.22. The summed E-state index contributed by atoms with van der Waals surface area (Å²) in [7, 11) is 0. The lowest BCUT2D eigenvalue weighted by Crippen LogP contribution is -2.60. The molecule has 0 saturated carbocycles. The number of hydrogen-bond donors (Lipinski definition) is 1. The van der Waals surface area contributed by atoms with Gasteiger partial charge >= 0.3 is 5.97 Å². The fraction of sp³-hybridized carbons (Fsp3) is 0.923. The molecule has 18 heavy (non-hydrogen) atoms. The molecule has 0 aromatic heterocycles. The first-order valence-corrected chi connectivity index (χ1v) is 7.96.